The molecule has 0 aliphatic carbocycles. The van der Waals surface area contributed by atoms with Gasteiger partial charge in [0.25, 0.3) is 0 Å². The van der Waals surface area contributed by atoms with E-state index in [0.29, 0.717) is 11.7 Å². The van der Waals surface area contributed by atoms with E-state index >= 15 is 0 Å². The van der Waals surface area contributed by atoms with Gasteiger partial charge in [0.2, 0.25) is 0 Å². The molecule has 2 rings (SSSR count). The lowest BCUT2D eigenvalue weighted by atomic mass is 10.1. The maximum absolute atomic E-state index is 6.00. The summed E-state index contributed by atoms with van der Waals surface area (Å²) in [4.78, 5) is 0. The summed E-state index contributed by atoms with van der Waals surface area (Å²) in [6, 6.07) is 12.2. The zero-order chi connectivity index (χ0) is 16.1. The second-order valence-corrected chi connectivity index (χ2v) is 6.79. The Morgan fingerprint density at radius 3 is 2.59 bits per heavy atom. The second-order valence-electron chi connectivity index (χ2n) is 5.05. The normalized spacial score (nSPS) is 10.4. The summed E-state index contributed by atoms with van der Waals surface area (Å²) in [5.74, 6) is 1.67. The summed E-state index contributed by atoms with van der Waals surface area (Å²) in [5.41, 5.74) is 3.49. The summed E-state index contributed by atoms with van der Waals surface area (Å²) in [6.07, 6.45) is 1.03. The van der Waals surface area contributed by atoms with Gasteiger partial charge in [0.1, 0.15) is 18.1 Å². The number of halogens is 1. The molecular formula is C18H19IO2S. The molecule has 0 unspecified atom stereocenters. The summed E-state index contributed by atoms with van der Waals surface area (Å²) >= 11 is 7.33. The lowest BCUT2D eigenvalue weighted by Gasteiger charge is -2.14. The predicted octanol–water partition coefficient (Wildman–Crippen LogP) is 5.47. The van der Waals surface area contributed by atoms with Crippen LogP contribution < -0.4 is 9.47 Å². The first-order valence-corrected chi connectivity index (χ1v) is 8.68. The minimum atomic E-state index is 0.462. The van der Waals surface area contributed by atoms with Crippen LogP contribution in [0.5, 0.6) is 11.5 Å². The molecule has 0 amide bonds. The van der Waals surface area contributed by atoms with Crippen LogP contribution in [-0.4, -0.2) is 5.05 Å². The Morgan fingerprint density at radius 2 is 1.95 bits per heavy atom. The van der Waals surface area contributed by atoms with Crippen LogP contribution in [-0.2, 0) is 13.0 Å². The Hall–Kier alpha value is -1.14. The molecule has 0 atom stereocenters. The van der Waals surface area contributed by atoms with Crippen molar-refractivity contribution < 1.29 is 9.47 Å². The van der Waals surface area contributed by atoms with E-state index in [4.69, 9.17) is 21.7 Å². The van der Waals surface area contributed by atoms with Gasteiger partial charge in [0, 0.05) is 16.1 Å². The number of hydrogen-bond acceptors (Lipinski definition) is 3. The third-order valence-corrected chi connectivity index (χ3v) is 4.44. The van der Waals surface area contributed by atoms with E-state index in [-0.39, 0.29) is 0 Å². The number of hydrogen-bond donors (Lipinski definition) is 0. The van der Waals surface area contributed by atoms with Crippen LogP contribution in [0.1, 0.15) is 30.5 Å². The smallest absolute Gasteiger partial charge is 0.164 e. The third kappa shape index (κ3) is 4.43. The highest BCUT2D eigenvalue weighted by Crippen LogP contribution is 2.27. The first-order valence-electron chi connectivity index (χ1n) is 7.19. The topological polar surface area (TPSA) is 18.5 Å². The summed E-state index contributed by atoms with van der Waals surface area (Å²) in [5, 5.41) is 0.506. The monoisotopic (exact) mass is 426 g/mol. The average molecular weight is 426 g/mol. The Kier molecular flexibility index (Phi) is 6.20. The van der Waals surface area contributed by atoms with Crippen LogP contribution in [0.2, 0.25) is 0 Å². The molecule has 0 saturated heterocycles. The molecule has 0 bridgehead atoms. The molecular weight excluding hydrogens is 407 g/mol. The van der Waals surface area contributed by atoms with Crippen molar-refractivity contribution in [1.82, 2.24) is 0 Å². The van der Waals surface area contributed by atoms with Crippen molar-refractivity contribution in [3.8, 4) is 11.5 Å². The Balaban J connectivity index is 2.19. The summed E-state index contributed by atoms with van der Waals surface area (Å²) < 4.78 is 12.7. The second kappa shape index (κ2) is 7.92. The van der Waals surface area contributed by atoms with E-state index < -0.39 is 0 Å². The van der Waals surface area contributed by atoms with Gasteiger partial charge in [-0.15, -0.1) is 0 Å². The molecule has 4 heteroatoms. The molecule has 2 nitrogen and oxygen atoms in total. The van der Waals surface area contributed by atoms with Crippen LogP contribution in [0.4, 0.5) is 0 Å². The molecule has 0 N–H and O–H groups in total. The van der Waals surface area contributed by atoms with E-state index in [1.165, 1.54) is 5.56 Å². The van der Waals surface area contributed by atoms with Gasteiger partial charge in [-0.2, -0.15) is 0 Å². The van der Waals surface area contributed by atoms with Gasteiger partial charge in [-0.05, 0) is 77.5 Å². The van der Waals surface area contributed by atoms with Gasteiger partial charge in [-0.1, -0.05) is 25.1 Å². The van der Waals surface area contributed by atoms with Gasteiger partial charge in [0.15, 0.2) is 5.05 Å². The fourth-order valence-corrected chi connectivity index (χ4v) is 2.89. The fourth-order valence-electron chi connectivity index (χ4n) is 2.17. The number of thiocarbonyl (C=S) groups is 1. The standard InChI is InChI=1S/C18H19IO2S/c1-4-14-8-9-17(12(2)10-14)20-11-15-16(19)6-5-7-18(15)21-13(3)22/h5-10H,4,11H2,1-3H3. The molecule has 0 saturated carbocycles. The lowest BCUT2D eigenvalue weighted by molar-refractivity contribution is 0.299. The van der Waals surface area contributed by atoms with Crippen molar-refractivity contribution in [3.63, 3.8) is 0 Å². The van der Waals surface area contributed by atoms with Crippen molar-refractivity contribution in [2.45, 2.75) is 33.8 Å². The SMILES string of the molecule is CCc1ccc(OCc2c(I)cccc2OC(C)=S)c(C)c1. The van der Waals surface area contributed by atoms with Gasteiger partial charge < -0.3 is 9.47 Å². The average Bonchev–Trinajstić information content (AvgIpc) is 2.47. The Morgan fingerprint density at radius 1 is 1.18 bits per heavy atom. The van der Waals surface area contributed by atoms with Crippen molar-refractivity contribution >= 4 is 39.9 Å². The molecule has 2 aromatic rings. The Bertz CT molecular complexity index is 683. The number of rotatable bonds is 5. The molecule has 0 fully saturated rings. The molecule has 0 aliphatic heterocycles. The van der Waals surface area contributed by atoms with E-state index in [1.807, 2.05) is 24.3 Å². The lowest BCUT2D eigenvalue weighted by Crippen LogP contribution is -2.06. The number of ether oxygens (including phenoxy) is 2. The Labute approximate surface area is 151 Å². The van der Waals surface area contributed by atoms with E-state index in [1.54, 1.807) is 6.92 Å². The van der Waals surface area contributed by atoms with Crippen LogP contribution in [0.25, 0.3) is 0 Å². The zero-order valence-electron chi connectivity index (χ0n) is 13.0. The van der Waals surface area contributed by atoms with E-state index in [0.717, 1.165) is 32.6 Å². The third-order valence-electron chi connectivity index (χ3n) is 3.35. The maximum atomic E-state index is 6.00. The minimum absolute atomic E-state index is 0.462. The van der Waals surface area contributed by atoms with Crippen molar-refractivity contribution in [1.29, 1.82) is 0 Å². The highest BCUT2D eigenvalue weighted by molar-refractivity contribution is 14.1. The van der Waals surface area contributed by atoms with Crippen molar-refractivity contribution in [2.75, 3.05) is 0 Å². The minimum Gasteiger partial charge on any atom is -0.488 e. The largest absolute Gasteiger partial charge is 0.488 e. The molecule has 0 aliphatic rings. The fraction of sp³-hybridized carbons (Fsp3) is 0.278. The van der Waals surface area contributed by atoms with Crippen LogP contribution >= 0.6 is 34.8 Å². The summed E-state index contributed by atoms with van der Waals surface area (Å²) in [6.45, 7) is 6.46. The van der Waals surface area contributed by atoms with E-state index in [9.17, 15) is 0 Å². The molecule has 0 radical (unpaired) electrons. The predicted molar refractivity (Wildman–Crippen MR) is 103 cm³/mol. The number of benzene rings is 2. The first kappa shape index (κ1) is 17.2. The van der Waals surface area contributed by atoms with Gasteiger partial charge in [-0.3, -0.25) is 0 Å². The molecule has 0 heterocycles. The highest BCUT2D eigenvalue weighted by atomic mass is 127. The molecule has 0 aromatic heterocycles. The van der Waals surface area contributed by atoms with Gasteiger partial charge in [-0.25, -0.2) is 0 Å². The van der Waals surface area contributed by atoms with Crippen molar-refractivity contribution in [2.24, 2.45) is 0 Å². The van der Waals surface area contributed by atoms with Crippen molar-refractivity contribution in [3.05, 3.63) is 56.7 Å². The van der Waals surface area contributed by atoms with Crippen LogP contribution in [0.15, 0.2) is 36.4 Å². The number of aryl methyl sites for hydroxylation is 2. The van der Waals surface area contributed by atoms with Gasteiger partial charge in [0.05, 0.1) is 0 Å². The van der Waals surface area contributed by atoms with Crippen LogP contribution in [0, 0.1) is 10.5 Å². The maximum Gasteiger partial charge on any atom is 0.164 e. The highest BCUT2D eigenvalue weighted by Gasteiger charge is 2.10. The molecule has 22 heavy (non-hydrogen) atoms. The van der Waals surface area contributed by atoms with Gasteiger partial charge >= 0.3 is 0 Å². The van der Waals surface area contributed by atoms with E-state index in [2.05, 4.69) is 48.6 Å². The van der Waals surface area contributed by atoms with Crippen LogP contribution in [0.3, 0.4) is 0 Å². The molecule has 2 aromatic carbocycles. The first-order chi connectivity index (χ1) is 10.5. The zero-order valence-corrected chi connectivity index (χ0v) is 16.0. The molecule has 116 valence electrons. The summed E-state index contributed by atoms with van der Waals surface area (Å²) in [7, 11) is 0. The molecule has 0 spiro atoms. The quantitative estimate of drug-likeness (QED) is 0.467.